The van der Waals surface area contributed by atoms with E-state index in [0.717, 1.165) is 0 Å². The smallest absolute Gasteiger partial charge is 0.231 e. The number of hydrogen-bond donors (Lipinski definition) is 0. The summed E-state index contributed by atoms with van der Waals surface area (Å²) in [6.45, 7) is 0.268. The highest BCUT2D eigenvalue weighted by atomic mass is 127. The summed E-state index contributed by atoms with van der Waals surface area (Å²) in [6, 6.07) is 10.9. The van der Waals surface area contributed by atoms with Crippen LogP contribution in [0, 0.1) is 0 Å². The van der Waals surface area contributed by atoms with Crippen molar-refractivity contribution in [3.05, 3.63) is 54.4 Å². The zero-order chi connectivity index (χ0) is 13.7. The van der Waals surface area contributed by atoms with Gasteiger partial charge in [-0.1, -0.05) is 6.07 Å². The average Bonchev–Trinajstić information content (AvgIpc) is 2.47. The van der Waals surface area contributed by atoms with Crippen molar-refractivity contribution in [2.24, 2.45) is 0 Å². The SMILES string of the molecule is COc1ccc(OC)c(C(=O)C[n+]2ccccc2)c1.I. The van der Waals surface area contributed by atoms with Crippen LogP contribution in [0.25, 0.3) is 0 Å². The second kappa shape index (κ2) is 7.84. The first-order valence-corrected chi connectivity index (χ1v) is 5.94. The standard InChI is InChI=1S/C15H16NO3.HI/c1-18-12-6-7-15(19-2)13(10-12)14(17)11-16-8-4-3-5-9-16;/h3-10H,11H2,1-2H3;1H/q+1;. The lowest BCUT2D eigenvalue weighted by atomic mass is 10.1. The van der Waals surface area contributed by atoms with Crippen LogP contribution in [0.2, 0.25) is 0 Å². The van der Waals surface area contributed by atoms with Gasteiger partial charge < -0.3 is 9.47 Å². The third-order valence-electron chi connectivity index (χ3n) is 2.81. The molecule has 1 heterocycles. The van der Waals surface area contributed by atoms with Crippen LogP contribution in [0.4, 0.5) is 0 Å². The van der Waals surface area contributed by atoms with Crippen molar-refractivity contribution in [3.63, 3.8) is 0 Å². The summed E-state index contributed by atoms with van der Waals surface area (Å²) >= 11 is 0. The first kappa shape index (κ1) is 16.4. The molecule has 0 N–H and O–H groups in total. The monoisotopic (exact) mass is 386 g/mol. The Bertz CT molecular complexity index is 573. The van der Waals surface area contributed by atoms with Crippen LogP contribution >= 0.6 is 24.0 Å². The number of Topliss-reactive ketones (excluding diaryl/α,β-unsaturated/α-hetero) is 1. The van der Waals surface area contributed by atoms with Gasteiger partial charge in [0.15, 0.2) is 12.4 Å². The van der Waals surface area contributed by atoms with Crippen LogP contribution in [-0.2, 0) is 6.54 Å². The van der Waals surface area contributed by atoms with Crippen LogP contribution in [-0.4, -0.2) is 20.0 Å². The Labute approximate surface area is 135 Å². The zero-order valence-corrected chi connectivity index (χ0v) is 13.7. The van der Waals surface area contributed by atoms with Gasteiger partial charge in [-0.15, -0.1) is 24.0 Å². The fourth-order valence-electron chi connectivity index (χ4n) is 1.82. The van der Waals surface area contributed by atoms with Crippen LogP contribution in [0.3, 0.4) is 0 Å². The van der Waals surface area contributed by atoms with E-state index >= 15 is 0 Å². The van der Waals surface area contributed by atoms with Crippen molar-refractivity contribution in [1.82, 2.24) is 0 Å². The van der Waals surface area contributed by atoms with Gasteiger partial charge in [-0.3, -0.25) is 4.79 Å². The number of halogens is 1. The summed E-state index contributed by atoms with van der Waals surface area (Å²) in [5.41, 5.74) is 0.526. The highest BCUT2D eigenvalue weighted by molar-refractivity contribution is 14.0. The zero-order valence-electron chi connectivity index (χ0n) is 11.4. The fourth-order valence-corrected chi connectivity index (χ4v) is 1.82. The molecule has 0 bridgehead atoms. The first-order valence-electron chi connectivity index (χ1n) is 5.94. The molecule has 2 aromatic rings. The molecule has 106 valence electrons. The molecule has 0 saturated carbocycles. The number of rotatable bonds is 5. The number of carbonyl (C=O) groups is 1. The molecule has 0 fully saturated rings. The van der Waals surface area contributed by atoms with E-state index < -0.39 is 0 Å². The molecule has 5 heteroatoms. The van der Waals surface area contributed by atoms with E-state index in [1.807, 2.05) is 35.2 Å². The maximum atomic E-state index is 12.3. The minimum absolute atomic E-state index is 0. The summed E-state index contributed by atoms with van der Waals surface area (Å²) < 4.78 is 12.2. The minimum atomic E-state index is -0.0213. The molecule has 1 aromatic carbocycles. The molecule has 0 aliphatic carbocycles. The number of ketones is 1. The second-order valence-corrected chi connectivity index (χ2v) is 4.04. The van der Waals surface area contributed by atoms with Crippen molar-refractivity contribution in [3.8, 4) is 11.5 Å². The van der Waals surface area contributed by atoms with Crippen LogP contribution in [0.1, 0.15) is 10.4 Å². The number of nitrogens with zero attached hydrogens (tertiary/aromatic N) is 1. The number of aromatic nitrogens is 1. The Kier molecular flexibility index (Phi) is 6.44. The molecule has 1 aromatic heterocycles. The van der Waals surface area contributed by atoms with Crippen LogP contribution in [0.15, 0.2) is 48.8 Å². The van der Waals surface area contributed by atoms with Gasteiger partial charge in [0.05, 0.1) is 19.8 Å². The quantitative estimate of drug-likeness (QED) is 0.451. The van der Waals surface area contributed by atoms with E-state index in [-0.39, 0.29) is 36.3 Å². The largest absolute Gasteiger partial charge is 0.497 e. The van der Waals surface area contributed by atoms with Gasteiger partial charge in [0.1, 0.15) is 11.5 Å². The molecular formula is C15H17INO3+. The van der Waals surface area contributed by atoms with E-state index in [4.69, 9.17) is 9.47 Å². The molecule has 0 aliphatic rings. The molecule has 4 nitrogen and oxygen atoms in total. The highest BCUT2D eigenvalue weighted by Gasteiger charge is 2.17. The first-order chi connectivity index (χ1) is 9.24. The lowest BCUT2D eigenvalue weighted by Crippen LogP contribution is -2.36. The third kappa shape index (κ3) is 3.93. The second-order valence-electron chi connectivity index (χ2n) is 4.04. The molecule has 0 amide bonds. The van der Waals surface area contributed by atoms with Crippen LogP contribution < -0.4 is 14.0 Å². The number of methoxy groups -OCH3 is 2. The molecule has 0 saturated heterocycles. The predicted octanol–water partition coefficient (Wildman–Crippen LogP) is 2.49. The Morgan fingerprint density at radius 2 is 1.80 bits per heavy atom. The van der Waals surface area contributed by atoms with Crippen molar-refractivity contribution in [2.75, 3.05) is 14.2 Å². The Morgan fingerprint density at radius 1 is 1.10 bits per heavy atom. The summed E-state index contributed by atoms with van der Waals surface area (Å²) in [7, 11) is 3.12. The molecule has 20 heavy (non-hydrogen) atoms. The van der Waals surface area contributed by atoms with Crippen LogP contribution in [0.5, 0.6) is 11.5 Å². The lowest BCUT2D eigenvalue weighted by molar-refractivity contribution is -0.683. The van der Waals surface area contributed by atoms with Crippen molar-refractivity contribution in [1.29, 1.82) is 0 Å². The Balaban J connectivity index is 0.00000200. The predicted molar refractivity (Wildman–Crippen MR) is 85.9 cm³/mol. The van der Waals surface area contributed by atoms with Gasteiger partial charge in [-0.25, -0.2) is 0 Å². The number of carbonyl (C=O) groups excluding carboxylic acids is 1. The van der Waals surface area contributed by atoms with E-state index in [0.29, 0.717) is 17.1 Å². The molecule has 0 radical (unpaired) electrons. The van der Waals surface area contributed by atoms with Gasteiger partial charge in [0.2, 0.25) is 12.3 Å². The molecular weight excluding hydrogens is 369 g/mol. The average molecular weight is 386 g/mol. The number of pyridine rings is 1. The van der Waals surface area contributed by atoms with Gasteiger partial charge in [-0.05, 0) is 18.2 Å². The van der Waals surface area contributed by atoms with Gasteiger partial charge in [0, 0.05) is 12.1 Å². The number of ether oxygens (including phenoxy) is 2. The maximum absolute atomic E-state index is 12.3. The summed E-state index contributed by atoms with van der Waals surface area (Å²) in [6.07, 6.45) is 3.70. The Hall–Kier alpha value is -1.63. The highest BCUT2D eigenvalue weighted by Crippen LogP contribution is 2.24. The van der Waals surface area contributed by atoms with Crippen molar-refractivity contribution in [2.45, 2.75) is 6.54 Å². The lowest BCUT2D eigenvalue weighted by Gasteiger charge is -2.08. The van der Waals surface area contributed by atoms with E-state index in [1.165, 1.54) is 0 Å². The van der Waals surface area contributed by atoms with E-state index in [1.54, 1.807) is 32.4 Å². The normalized spacial score (nSPS) is 9.50. The number of benzene rings is 1. The fraction of sp³-hybridized carbons (Fsp3) is 0.200. The van der Waals surface area contributed by atoms with Crippen molar-refractivity contribution >= 4 is 29.8 Å². The summed E-state index contributed by atoms with van der Waals surface area (Å²) in [5, 5.41) is 0. The van der Waals surface area contributed by atoms with Gasteiger partial charge in [0.25, 0.3) is 0 Å². The summed E-state index contributed by atoms with van der Waals surface area (Å²) in [4.78, 5) is 12.3. The van der Waals surface area contributed by atoms with E-state index in [2.05, 4.69) is 0 Å². The molecule has 0 unspecified atom stereocenters. The Morgan fingerprint density at radius 3 is 2.40 bits per heavy atom. The molecule has 0 aliphatic heterocycles. The molecule has 0 atom stereocenters. The third-order valence-corrected chi connectivity index (χ3v) is 2.81. The topological polar surface area (TPSA) is 39.4 Å². The van der Waals surface area contributed by atoms with Crippen molar-refractivity contribution < 1.29 is 18.8 Å². The molecule has 2 rings (SSSR count). The summed E-state index contributed by atoms with van der Waals surface area (Å²) in [5.74, 6) is 1.18. The minimum Gasteiger partial charge on any atom is -0.497 e. The number of hydrogen-bond acceptors (Lipinski definition) is 3. The van der Waals surface area contributed by atoms with Gasteiger partial charge >= 0.3 is 0 Å². The maximum Gasteiger partial charge on any atom is 0.231 e. The van der Waals surface area contributed by atoms with Gasteiger partial charge in [-0.2, -0.15) is 4.57 Å². The van der Waals surface area contributed by atoms with E-state index in [9.17, 15) is 4.79 Å². The molecule has 0 spiro atoms.